The van der Waals surface area contributed by atoms with Gasteiger partial charge in [-0.15, -0.1) is 11.8 Å². The number of carbonyl (C=O) groups is 3. The van der Waals surface area contributed by atoms with E-state index in [4.69, 9.17) is 14.6 Å². The van der Waals surface area contributed by atoms with E-state index in [1.165, 1.54) is 0 Å². The molecule has 0 radical (unpaired) electrons. The third-order valence-corrected chi connectivity index (χ3v) is 9.79. The number of aliphatic hydroxyl groups is 1. The van der Waals surface area contributed by atoms with Gasteiger partial charge in [0.05, 0.1) is 30.3 Å². The zero-order valence-electron chi connectivity index (χ0n) is 21.8. The topological polar surface area (TPSA) is 96.4 Å². The number of methoxy groups -OCH3 is 1. The van der Waals surface area contributed by atoms with Gasteiger partial charge in [0, 0.05) is 30.6 Å². The first-order valence-corrected chi connectivity index (χ1v) is 14.5. The summed E-state index contributed by atoms with van der Waals surface area (Å²) in [5.41, 5.74) is 0.737. The van der Waals surface area contributed by atoms with Crippen LogP contribution in [0.4, 0.5) is 5.69 Å². The second-order valence-electron chi connectivity index (χ2n) is 10.3. The van der Waals surface area contributed by atoms with Crippen LogP contribution in [0.25, 0.3) is 0 Å². The fraction of sp³-hybridized carbons (Fsp3) is 0.552. The predicted octanol–water partition coefficient (Wildman–Crippen LogP) is 3.34. The van der Waals surface area contributed by atoms with Gasteiger partial charge in [-0.2, -0.15) is 0 Å². The van der Waals surface area contributed by atoms with Gasteiger partial charge in [0.15, 0.2) is 0 Å². The highest BCUT2D eigenvalue weighted by molar-refractivity contribution is 8.02. The molecule has 1 N–H and O–H groups in total. The number of hydrogen-bond acceptors (Lipinski definition) is 7. The Balaban J connectivity index is 1.52. The molecule has 0 bridgehead atoms. The quantitative estimate of drug-likeness (QED) is 0.307. The molecule has 0 aromatic heterocycles. The van der Waals surface area contributed by atoms with Crippen LogP contribution in [0.15, 0.2) is 48.6 Å². The summed E-state index contributed by atoms with van der Waals surface area (Å²) >= 11 is 1.57. The lowest BCUT2D eigenvalue weighted by atomic mass is 9.78. The summed E-state index contributed by atoms with van der Waals surface area (Å²) in [6.07, 6.45) is 12.9. The maximum absolute atomic E-state index is 14.4. The number of anilines is 1. The lowest BCUT2D eigenvalue weighted by Crippen LogP contribution is -2.53. The Morgan fingerprint density at radius 3 is 2.63 bits per heavy atom. The molecule has 38 heavy (non-hydrogen) atoms. The van der Waals surface area contributed by atoms with Gasteiger partial charge in [-0.1, -0.05) is 37.1 Å². The molecular weight excluding hydrogens is 504 g/mol. The Labute approximate surface area is 228 Å². The van der Waals surface area contributed by atoms with Crippen molar-refractivity contribution in [1.82, 2.24) is 4.90 Å². The minimum Gasteiger partial charge on any atom is -0.497 e. The lowest BCUT2D eigenvalue weighted by molar-refractivity contribution is -0.153. The van der Waals surface area contributed by atoms with Crippen molar-refractivity contribution in [2.45, 2.75) is 54.6 Å². The van der Waals surface area contributed by atoms with Crippen LogP contribution in [0, 0.1) is 11.8 Å². The van der Waals surface area contributed by atoms with E-state index >= 15 is 0 Å². The van der Waals surface area contributed by atoms with Crippen molar-refractivity contribution in [1.29, 1.82) is 0 Å². The molecule has 204 valence electrons. The number of amides is 2. The van der Waals surface area contributed by atoms with E-state index < -0.39 is 22.6 Å². The van der Waals surface area contributed by atoms with Crippen LogP contribution in [-0.2, 0) is 19.1 Å². The summed E-state index contributed by atoms with van der Waals surface area (Å²) in [6, 6.07) is 6.64. The number of allylic oxidation sites excluding steroid dienone is 1. The Morgan fingerprint density at radius 1 is 1.08 bits per heavy atom. The van der Waals surface area contributed by atoms with Crippen LogP contribution in [0.1, 0.15) is 38.5 Å². The van der Waals surface area contributed by atoms with Crippen molar-refractivity contribution >= 4 is 35.2 Å². The van der Waals surface area contributed by atoms with Gasteiger partial charge in [0.2, 0.25) is 5.91 Å². The number of benzene rings is 1. The number of rotatable bonds is 8. The van der Waals surface area contributed by atoms with Crippen LogP contribution < -0.4 is 9.64 Å². The van der Waals surface area contributed by atoms with Crippen LogP contribution >= 0.6 is 11.8 Å². The fourth-order valence-electron chi connectivity index (χ4n) is 6.23. The smallest absolute Gasteiger partial charge is 0.311 e. The number of hydrogen-bond donors (Lipinski definition) is 1. The minimum absolute atomic E-state index is 0.136. The third-order valence-electron chi connectivity index (χ3n) is 8.04. The first-order chi connectivity index (χ1) is 18.5. The molecule has 2 amide bonds. The molecule has 4 aliphatic rings. The molecule has 5 rings (SSSR count). The second-order valence-corrected chi connectivity index (χ2v) is 11.8. The van der Waals surface area contributed by atoms with Crippen molar-refractivity contribution in [2.75, 3.05) is 38.3 Å². The predicted molar refractivity (Wildman–Crippen MR) is 146 cm³/mol. The first-order valence-electron chi connectivity index (χ1n) is 13.6. The van der Waals surface area contributed by atoms with Gasteiger partial charge in [-0.3, -0.25) is 14.4 Å². The van der Waals surface area contributed by atoms with E-state index in [-0.39, 0.29) is 29.6 Å². The summed E-state index contributed by atoms with van der Waals surface area (Å²) < 4.78 is 10.1. The highest BCUT2D eigenvalue weighted by atomic mass is 32.2. The molecule has 2 fully saturated rings. The lowest BCUT2D eigenvalue weighted by Gasteiger charge is -2.35. The third kappa shape index (κ3) is 4.75. The number of fused-ring (bicyclic) bond motifs is 2. The summed E-state index contributed by atoms with van der Waals surface area (Å²) in [5.74, 6) is -1.21. The Hall–Kier alpha value is -2.78. The molecule has 1 aromatic rings. The van der Waals surface area contributed by atoms with Gasteiger partial charge in [0.25, 0.3) is 5.91 Å². The van der Waals surface area contributed by atoms with Crippen molar-refractivity contribution in [3.05, 3.63) is 48.6 Å². The minimum atomic E-state index is -0.849. The van der Waals surface area contributed by atoms with E-state index in [1.54, 1.807) is 28.7 Å². The normalized spacial score (nSPS) is 31.5. The van der Waals surface area contributed by atoms with Gasteiger partial charge in [0.1, 0.15) is 11.8 Å². The molecule has 1 aromatic carbocycles. The summed E-state index contributed by atoms with van der Waals surface area (Å²) in [5, 5.41) is 8.91. The zero-order chi connectivity index (χ0) is 26.7. The van der Waals surface area contributed by atoms with E-state index in [0.29, 0.717) is 31.9 Å². The SMILES string of the molecule is COc1ccc(N2CC=C[C@]34S[C@@H]5/C=C\CCCOC(=O)[C@@H]5[C@H]3C(=O)N(CCCCCCO)C4C2=O)cc1. The molecule has 9 heteroatoms. The van der Waals surface area contributed by atoms with Crippen LogP contribution in [0.5, 0.6) is 5.75 Å². The standard InChI is InChI=1S/C29H36N2O6S/c1-36-21-13-11-20(12-14-21)30-17-9-15-29-24(23-22(38-29)10-5-4-8-19-37-28(23)35)26(33)31(25(29)27(30)34)16-6-2-3-7-18-32/h5,9-15,22-25,32H,2-4,6-8,16-19H2,1H3/b10-5-/t22-,23+,24+,25?,29+/m1/s1. The summed E-state index contributed by atoms with van der Waals surface area (Å²) in [6.45, 7) is 1.30. The molecule has 0 aliphatic carbocycles. The molecule has 0 saturated carbocycles. The number of likely N-dealkylation sites (tertiary alicyclic amines) is 1. The Morgan fingerprint density at radius 2 is 1.87 bits per heavy atom. The highest BCUT2D eigenvalue weighted by Gasteiger charge is 2.70. The highest BCUT2D eigenvalue weighted by Crippen LogP contribution is 2.60. The largest absolute Gasteiger partial charge is 0.497 e. The van der Waals surface area contributed by atoms with Crippen molar-refractivity contribution in [3.8, 4) is 5.75 Å². The monoisotopic (exact) mass is 540 g/mol. The molecule has 4 aliphatic heterocycles. The second kappa shape index (κ2) is 11.5. The fourth-order valence-corrected chi connectivity index (χ4v) is 8.24. The number of cyclic esters (lactones) is 1. The number of nitrogens with zero attached hydrogens (tertiary/aromatic N) is 2. The molecule has 8 nitrogen and oxygen atoms in total. The first kappa shape index (κ1) is 26.8. The molecule has 1 spiro atoms. The van der Waals surface area contributed by atoms with Crippen LogP contribution in [-0.4, -0.2) is 77.2 Å². The number of aliphatic hydroxyl groups excluding tert-OH is 1. The van der Waals surface area contributed by atoms with Gasteiger partial charge in [-0.25, -0.2) is 0 Å². The van der Waals surface area contributed by atoms with Gasteiger partial charge < -0.3 is 24.4 Å². The molecular formula is C29H36N2O6S. The van der Waals surface area contributed by atoms with Crippen molar-refractivity contribution in [3.63, 3.8) is 0 Å². The maximum Gasteiger partial charge on any atom is 0.311 e. The molecule has 4 heterocycles. The van der Waals surface area contributed by atoms with Gasteiger partial charge >= 0.3 is 5.97 Å². The zero-order valence-corrected chi connectivity index (χ0v) is 22.6. The Kier molecular flexibility index (Phi) is 8.14. The maximum atomic E-state index is 14.4. The summed E-state index contributed by atoms with van der Waals surface area (Å²) in [4.78, 5) is 45.3. The van der Waals surface area contributed by atoms with Crippen LogP contribution in [0.3, 0.4) is 0 Å². The van der Waals surface area contributed by atoms with Crippen LogP contribution in [0.2, 0.25) is 0 Å². The van der Waals surface area contributed by atoms with E-state index in [2.05, 4.69) is 6.08 Å². The number of thioether (sulfide) groups is 1. The molecule has 5 atom stereocenters. The number of carbonyl (C=O) groups excluding carboxylic acids is 3. The summed E-state index contributed by atoms with van der Waals surface area (Å²) in [7, 11) is 1.60. The molecule has 1 unspecified atom stereocenters. The Bertz CT molecular complexity index is 1100. The van der Waals surface area contributed by atoms with Crippen molar-refractivity contribution in [2.24, 2.45) is 11.8 Å². The number of esters is 1. The van der Waals surface area contributed by atoms with Crippen molar-refractivity contribution < 1.29 is 29.0 Å². The van der Waals surface area contributed by atoms with Gasteiger partial charge in [-0.05, 0) is 49.9 Å². The van der Waals surface area contributed by atoms with E-state index in [9.17, 15) is 14.4 Å². The number of ether oxygens (including phenoxy) is 2. The average Bonchev–Trinajstić information content (AvgIpc) is 3.33. The number of unbranched alkanes of at least 4 members (excludes halogenated alkanes) is 3. The average molecular weight is 541 g/mol. The van der Waals surface area contributed by atoms with E-state index in [0.717, 1.165) is 37.8 Å². The van der Waals surface area contributed by atoms with E-state index in [1.807, 2.05) is 42.5 Å². The molecule has 2 saturated heterocycles.